The number of nitrogens with one attached hydrogen (secondary N) is 2. The Morgan fingerprint density at radius 2 is 2.15 bits per heavy atom. The van der Waals surface area contributed by atoms with Gasteiger partial charge in [0, 0.05) is 19.9 Å². The standard InChI is InChI=1S/C16H12F4N4OS/c1-7(25)22-15-23-11-4-8-6-21-24(13(8)14(11)26-15)12-5-9(17)2-3-10(12)16(18,19)20/h2-3,5,21H,4,6H2,1H3,(H,22,23,25). The van der Waals surface area contributed by atoms with E-state index in [9.17, 15) is 22.4 Å². The topological polar surface area (TPSA) is 57.3 Å². The van der Waals surface area contributed by atoms with Gasteiger partial charge in [-0.3, -0.25) is 9.80 Å². The summed E-state index contributed by atoms with van der Waals surface area (Å²) in [7, 11) is 0. The Balaban J connectivity index is 1.78. The molecule has 2 N–H and O–H groups in total. The lowest BCUT2D eigenvalue weighted by molar-refractivity contribution is -0.137. The minimum atomic E-state index is -4.62. The smallest absolute Gasteiger partial charge is 0.302 e. The molecule has 1 aromatic heterocycles. The second-order valence-corrected chi connectivity index (χ2v) is 6.93. The minimum Gasteiger partial charge on any atom is -0.302 e. The Hall–Kier alpha value is -2.46. The number of anilines is 2. The molecule has 2 heterocycles. The second kappa shape index (κ2) is 5.78. The van der Waals surface area contributed by atoms with E-state index in [1.807, 2.05) is 0 Å². The Bertz CT molecular complexity index is 950. The highest BCUT2D eigenvalue weighted by molar-refractivity contribution is 7.17. The van der Waals surface area contributed by atoms with Crippen molar-refractivity contribution < 1.29 is 22.4 Å². The summed E-state index contributed by atoms with van der Waals surface area (Å²) in [5.41, 5.74) is 3.78. The number of carbonyl (C=O) groups is 1. The molecule has 26 heavy (non-hydrogen) atoms. The number of hydrogen-bond acceptors (Lipinski definition) is 5. The Morgan fingerprint density at radius 1 is 1.38 bits per heavy atom. The molecule has 1 amide bonds. The summed E-state index contributed by atoms with van der Waals surface area (Å²) in [6, 6.07) is 2.38. The van der Waals surface area contributed by atoms with Gasteiger partial charge in [-0.15, -0.1) is 0 Å². The lowest BCUT2D eigenvalue weighted by Gasteiger charge is -2.25. The van der Waals surface area contributed by atoms with Crippen LogP contribution in [0.2, 0.25) is 0 Å². The summed E-state index contributed by atoms with van der Waals surface area (Å²) in [5.74, 6) is -1.04. The Kier molecular flexibility index (Phi) is 3.77. The molecule has 0 radical (unpaired) electrons. The average Bonchev–Trinajstić information content (AvgIpc) is 3.15. The molecule has 2 aromatic rings. The summed E-state index contributed by atoms with van der Waals surface area (Å²) in [6.07, 6.45) is -4.15. The summed E-state index contributed by atoms with van der Waals surface area (Å²) in [6.45, 7) is 1.70. The van der Waals surface area contributed by atoms with Crippen molar-refractivity contribution in [2.24, 2.45) is 0 Å². The van der Waals surface area contributed by atoms with Crippen LogP contribution in [0, 0.1) is 5.82 Å². The van der Waals surface area contributed by atoms with E-state index < -0.39 is 17.6 Å². The molecule has 5 nitrogen and oxygen atoms in total. The van der Waals surface area contributed by atoms with E-state index in [0.717, 1.165) is 23.8 Å². The van der Waals surface area contributed by atoms with Gasteiger partial charge in [-0.05, 0) is 23.8 Å². The van der Waals surface area contributed by atoms with Crippen LogP contribution in [-0.2, 0) is 17.4 Å². The fourth-order valence-electron chi connectivity index (χ4n) is 3.10. The average molecular weight is 384 g/mol. The van der Waals surface area contributed by atoms with E-state index in [2.05, 4.69) is 15.7 Å². The molecule has 1 aliphatic heterocycles. The normalized spacial score (nSPS) is 16.1. The number of carbonyl (C=O) groups excluding carboxylic acids is 1. The molecule has 0 saturated heterocycles. The van der Waals surface area contributed by atoms with Crippen molar-refractivity contribution in [3.05, 3.63) is 45.7 Å². The van der Waals surface area contributed by atoms with Gasteiger partial charge < -0.3 is 5.32 Å². The van der Waals surface area contributed by atoms with Crippen molar-refractivity contribution in [1.29, 1.82) is 0 Å². The highest BCUT2D eigenvalue weighted by Crippen LogP contribution is 2.46. The van der Waals surface area contributed by atoms with Crippen molar-refractivity contribution in [1.82, 2.24) is 10.4 Å². The van der Waals surface area contributed by atoms with Crippen molar-refractivity contribution >= 4 is 33.8 Å². The Labute approximate surface area is 149 Å². The van der Waals surface area contributed by atoms with Gasteiger partial charge in [0.15, 0.2) is 5.13 Å². The number of hydrogen-bond donors (Lipinski definition) is 2. The van der Waals surface area contributed by atoms with Crippen LogP contribution in [0.5, 0.6) is 0 Å². The van der Waals surface area contributed by atoms with Gasteiger partial charge in [0.25, 0.3) is 0 Å². The molecule has 0 bridgehead atoms. The highest BCUT2D eigenvalue weighted by atomic mass is 32.1. The molecule has 0 saturated carbocycles. The van der Waals surface area contributed by atoms with Crippen LogP contribution in [0.3, 0.4) is 0 Å². The number of rotatable bonds is 2. The molecule has 1 aromatic carbocycles. The molecule has 2 aliphatic rings. The van der Waals surface area contributed by atoms with Crippen molar-refractivity contribution in [3.8, 4) is 0 Å². The Morgan fingerprint density at radius 3 is 2.85 bits per heavy atom. The molecule has 1 aliphatic carbocycles. The maximum Gasteiger partial charge on any atom is 0.418 e. The van der Waals surface area contributed by atoms with Gasteiger partial charge in [-0.2, -0.15) is 13.2 Å². The van der Waals surface area contributed by atoms with Crippen LogP contribution in [0.1, 0.15) is 23.1 Å². The van der Waals surface area contributed by atoms with Crippen molar-refractivity contribution in [3.63, 3.8) is 0 Å². The number of halogens is 4. The quantitative estimate of drug-likeness (QED) is 0.778. The molecule has 136 valence electrons. The number of alkyl halides is 3. The van der Waals surface area contributed by atoms with Gasteiger partial charge >= 0.3 is 6.18 Å². The summed E-state index contributed by atoms with van der Waals surface area (Å²) in [5, 5.41) is 4.23. The van der Waals surface area contributed by atoms with Crippen LogP contribution in [0.4, 0.5) is 28.4 Å². The predicted octanol–water partition coefficient (Wildman–Crippen LogP) is 3.55. The van der Waals surface area contributed by atoms with E-state index in [0.29, 0.717) is 34.4 Å². The first kappa shape index (κ1) is 17.0. The number of benzene rings is 1. The molecule has 10 heteroatoms. The van der Waals surface area contributed by atoms with Crippen molar-refractivity contribution in [2.75, 3.05) is 16.9 Å². The molecular formula is C16H12F4N4OS. The molecule has 0 unspecified atom stereocenters. The zero-order chi connectivity index (χ0) is 18.6. The SMILES string of the molecule is CC(=O)Nc1nc2c(s1)C1=C(CNN1c1cc(F)ccc1C(F)(F)F)C2. The van der Waals surface area contributed by atoms with Gasteiger partial charge in [0.05, 0.1) is 27.5 Å². The maximum absolute atomic E-state index is 13.7. The third-order valence-corrected chi connectivity index (χ3v) is 5.11. The van der Waals surface area contributed by atoms with Crippen molar-refractivity contribution in [2.45, 2.75) is 19.5 Å². The first-order valence-corrected chi connectivity index (χ1v) is 8.46. The van der Waals surface area contributed by atoms with Crippen LogP contribution in [0.25, 0.3) is 5.70 Å². The summed E-state index contributed by atoms with van der Waals surface area (Å²) in [4.78, 5) is 16.2. The third-order valence-electron chi connectivity index (χ3n) is 4.09. The van der Waals surface area contributed by atoms with Gasteiger partial charge in [0.2, 0.25) is 5.91 Å². The van der Waals surface area contributed by atoms with Crippen LogP contribution in [0.15, 0.2) is 23.8 Å². The zero-order valence-electron chi connectivity index (χ0n) is 13.4. The second-order valence-electron chi connectivity index (χ2n) is 5.93. The number of aromatic nitrogens is 1. The fourth-order valence-corrected chi connectivity index (χ4v) is 4.21. The van der Waals surface area contributed by atoms with E-state index in [1.54, 1.807) is 0 Å². The number of nitrogens with zero attached hydrogens (tertiary/aromatic N) is 2. The molecule has 0 atom stereocenters. The third kappa shape index (κ3) is 2.74. The highest BCUT2D eigenvalue weighted by Gasteiger charge is 2.40. The number of thiazole rings is 1. The lowest BCUT2D eigenvalue weighted by Crippen LogP contribution is -2.33. The molecule has 4 rings (SSSR count). The van der Waals surface area contributed by atoms with Crippen LogP contribution < -0.4 is 15.8 Å². The van der Waals surface area contributed by atoms with E-state index in [4.69, 9.17) is 0 Å². The van der Waals surface area contributed by atoms with E-state index in [1.165, 1.54) is 23.3 Å². The molecule has 0 spiro atoms. The molecule has 0 fully saturated rings. The zero-order valence-corrected chi connectivity index (χ0v) is 14.2. The first-order chi connectivity index (χ1) is 12.2. The first-order valence-electron chi connectivity index (χ1n) is 7.64. The summed E-state index contributed by atoms with van der Waals surface area (Å²) >= 11 is 1.19. The number of hydrazine groups is 1. The minimum absolute atomic E-state index is 0.280. The molecular weight excluding hydrogens is 372 g/mol. The maximum atomic E-state index is 13.7. The van der Waals surface area contributed by atoms with Crippen LogP contribution >= 0.6 is 11.3 Å². The largest absolute Gasteiger partial charge is 0.418 e. The summed E-state index contributed by atoms with van der Waals surface area (Å²) < 4.78 is 53.8. The van der Waals surface area contributed by atoms with Gasteiger partial charge in [0.1, 0.15) is 5.82 Å². The fraction of sp³-hybridized carbons (Fsp3) is 0.250. The van der Waals surface area contributed by atoms with Crippen LogP contribution in [-0.4, -0.2) is 17.4 Å². The van der Waals surface area contributed by atoms with E-state index in [-0.39, 0.29) is 11.6 Å². The lowest BCUT2D eigenvalue weighted by atomic mass is 10.1. The number of amides is 1. The monoisotopic (exact) mass is 384 g/mol. The van der Waals surface area contributed by atoms with E-state index >= 15 is 0 Å². The van der Waals surface area contributed by atoms with Gasteiger partial charge in [-0.25, -0.2) is 14.8 Å². The number of fused-ring (bicyclic) bond motifs is 2. The van der Waals surface area contributed by atoms with Gasteiger partial charge in [-0.1, -0.05) is 11.3 Å². The predicted molar refractivity (Wildman–Crippen MR) is 88.9 cm³/mol.